The minimum atomic E-state index is -3.64. The standard InChI is InChI=1S/C18H22N2O4S/c1-13-4-7-16(12-14(13)2)24-11-10-20-25(22,23)17-8-5-15(6-9-17)18(21)19-3/h4-9,12,20H,10-11H2,1-3H3,(H,19,21). The highest BCUT2D eigenvalue weighted by atomic mass is 32.2. The molecule has 0 aliphatic heterocycles. The molecule has 2 rings (SSSR count). The molecule has 0 spiro atoms. The van der Waals surface area contributed by atoms with Crippen LogP contribution in [0.1, 0.15) is 21.5 Å². The molecule has 0 heterocycles. The van der Waals surface area contributed by atoms with Gasteiger partial charge in [0.1, 0.15) is 12.4 Å². The number of hydrogen-bond acceptors (Lipinski definition) is 4. The van der Waals surface area contributed by atoms with Crippen LogP contribution < -0.4 is 14.8 Å². The number of amides is 1. The van der Waals surface area contributed by atoms with Crippen molar-refractivity contribution in [1.29, 1.82) is 0 Å². The molecule has 0 aliphatic carbocycles. The molecule has 1 amide bonds. The maximum absolute atomic E-state index is 12.2. The van der Waals surface area contributed by atoms with E-state index in [1.165, 1.54) is 36.9 Å². The van der Waals surface area contributed by atoms with Crippen LogP contribution in [-0.2, 0) is 10.0 Å². The van der Waals surface area contributed by atoms with Gasteiger partial charge in [-0.15, -0.1) is 0 Å². The van der Waals surface area contributed by atoms with Crippen molar-refractivity contribution < 1.29 is 17.9 Å². The van der Waals surface area contributed by atoms with Crippen LogP contribution in [-0.4, -0.2) is 34.5 Å². The van der Waals surface area contributed by atoms with E-state index in [-0.39, 0.29) is 24.0 Å². The number of ether oxygens (including phenoxy) is 1. The van der Waals surface area contributed by atoms with E-state index in [1.807, 2.05) is 32.0 Å². The topological polar surface area (TPSA) is 84.5 Å². The largest absolute Gasteiger partial charge is 0.492 e. The molecule has 2 aromatic carbocycles. The molecule has 7 heteroatoms. The molecule has 134 valence electrons. The molecule has 0 saturated heterocycles. The van der Waals surface area contributed by atoms with Crippen LogP contribution in [0.25, 0.3) is 0 Å². The highest BCUT2D eigenvalue weighted by Gasteiger charge is 2.14. The number of carbonyl (C=O) groups excluding carboxylic acids is 1. The van der Waals surface area contributed by atoms with E-state index in [4.69, 9.17) is 4.74 Å². The van der Waals surface area contributed by atoms with Crippen molar-refractivity contribution in [3.05, 3.63) is 59.2 Å². The molecular formula is C18H22N2O4S. The molecule has 6 nitrogen and oxygen atoms in total. The Hall–Kier alpha value is -2.38. The van der Waals surface area contributed by atoms with Crippen LogP contribution >= 0.6 is 0 Å². The van der Waals surface area contributed by atoms with E-state index in [2.05, 4.69) is 10.0 Å². The van der Waals surface area contributed by atoms with Gasteiger partial charge in [-0.3, -0.25) is 4.79 Å². The van der Waals surface area contributed by atoms with Gasteiger partial charge in [0.2, 0.25) is 10.0 Å². The Balaban J connectivity index is 1.90. The number of hydrogen-bond donors (Lipinski definition) is 2. The highest BCUT2D eigenvalue weighted by Crippen LogP contribution is 2.16. The van der Waals surface area contributed by atoms with Crippen molar-refractivity contribution in [2.24, 2.45) is 0 Å². The van der Waals surface area contributed by atoms with Gasteiger partial charge in [0.15, 0.2) is 0 Å². The fourth-order valence-electron chi connectivity index (χ4n) is 2.16. The minimum absolute atomic E-state index is 0.103. The van der Waals surface area contributed by atoms with E-state index < -0.39 is 10.0 Å². The van der Waals surface area contributed by atoms with Gasteiger partial charge in [-0.2, -0.15) is 0 Å². The summed E-state index contributed by atoms with van der Waals surface area (Å²) in [5.41, 5.74) is 2.70. The van der Waals surface area contributed by atoms with Gasteiger partial charge in [0.25, 0.3) is 5.91 Å². The van der Waals surface area contributed by atoms with Crippen molar-refractivity contribution >= 4 is 15.9 Å². The number of rotatable bonds is 7. The summed E-state index contributed by atoms with van der Waals surface area (Å²) in [6.07, 6.45) is 0. The summed E-state index contributed by atoms with van der Waals surface area (Å²) in [4.78, 5) is 11.6. The molecule has 0 saturated carbocycles. The quantitative estimate of drug-likeness (QED) is 0.738. The lowest BCUT2D eigenvalue weighted by atomic mass is 10.1. The van der Waals surface area contributed by atoms with Crippen LogP contribution in [0.4, 0.5) is 0 Å². The maximum atomic E-state index is 12.2. The monoisotopic (exact) mass is 362 g/mol. The SMILES string of the molecule is CNC(=O)c1ccc(S(=O)(=O)NCCOc2ccc(C)c(C)c2)cc1. The van der Waals surface area contributed by atoms with Gasteiger partial charge >= 0.3 is 0 Å². The molecule has 0 aromatic heterocycles. The van der Waals surface area contributed by atoms with Crippen molar-refractivity contribution in [2.75, 3.05) is 20.2 Å². The van der Waals surface area contributed by atoms with Gasteiger partial charge in [-0.25, -0.2) is 13.1 Å². The summed E-state index contributed by atoms with van der Waals surface area (Å²) < 4.78 is 32.5. The Kier molecular flexibility index (Phi) is 6.17. The minimum Gasteiger partial charge on any atom is -0.492 e. The average molecular weight is 362 g/mol. The van der Waals surface area contributed by atoms with Gasteiger partial charge in [-0.1, -0.05) is 6.07 Å². The summed E-state index contributed by atoms with van der Waals surface area (Å²) in [6.45, 7) is 4.38. The van der Waals surface area contributed by atoms with Crippen molar-refractivity contribution in [3.8, 4) is 5.75 Å². The zero-order valence-electron chi connectivity index (χ0n) is 14.5. The fraction of sp³-hybridized carbons (Fsp3) is 0.278. The van der Waals surface area contributed by atoms with E-state index >= 15 is 0 Å². The molecule has 25 heavy (non-hydrogen) atoms. The number of nitrogens with one attached hydrogen (secondary N) is 2. The molecule has 0 aliphatic rings. The van der Waals surface area contributed by atoms with E-state index in [0.717, 1.165) is 5.56 Å². The molecule has 0 unspecified atom stereocenters. The predicted molar refractivity (Wildman–Crippen MR) is 96.4 cm³/mol. The van der Waals surface area contributed by atoms with Crippen molar-refractivity contribution in [3.63, 3.8) is 0 Å². The summed E-state index contributed by atoms with van der Waals surface area (Å²) in [5, 5.41) is 2.48. The second-order valence-corrected chi connectivity index (χ2v) is 7.36. The Bertz CT molecular complexity index is 846. The predicted octanol–water partition coefficient (Wildman–Crippen LogP) is 2.02. The zero-order valence-corrected chi connectivity index (χ0v) is 15.3. The van der Waals surface area contributed by atoms with E-state index in [1.54, 1.807) is 0 Å². The van der Waals surface area contributed by atoms with Gasteiger partial charge < -0.3 is 10.1 Å². The second kappa shape index (κ2) is 8.13. The van der Waals surface area contributed by atoms with Crippen LogP contribution in [0.15, 0.2) is 47.4 Å². The molecule has 2 aromatic rings. The Morgan fingerprint density at radius 1 is 1.04 bits per heavy atom. The first-order chi connectivity index (χ1) is 11.8. The Morgan fingerprint density at radius 2 is 1.72 bits per heavy atom. The number of sulfonamides is 1. The zero-order chi connectivity index (χ0) is 18.4. The molecule has 0 bridgehead atoms. The normalized spacial score (nSPS) is 11.2. The lowest BCUT2D eigenvalue weighted by molar-refractivity contribution is 0.0963. The number of aryl methyl sites for hydroxylation is 2. The Morgan fingerprint density at radius 3 is 2.32 bits per heavy atom. The molecule has 2 N–H and O–H groups in total. The average Bonchev–Trinajstić information content (AvgIpc) is 2.61. The summed E-state index contributed by atoms with van der Waals surface area (Å²) in [7, 11) is -2.12. The van der Waals surface area contributed by atoms with Gasteiger partial charge in [0.05, 0.1) is 4.90 Å². The van der Waals surface area contributed by atoms with Crippen molar-refractivity contribution in [2.45, 2.75) is 18.7 Å². The van der Waals surface area contributed by atoms with Gasteiger partial charge in [0, 0.05) is 19.2 Å². The molecule has 0 atom stereocenters. The number of carbonyl (C=O) groups is 1. The fourth-order valence-corrected chi connectivity index (χ4v) is 3.17. The maximum Gasteiger partial charge on any atom is 0.251 e. The third kappa shape index (κ3) is 5.04. The molecule has 0 fully saturated rings. The van der Waals surface area contributed by atoms with Gasteiger partial charge in [-0.05, 0) is 61.4 Å². The number of benzene rings is 2. The second-order valence-electron chi connectivity index (χ2n) is 5.60. The molecular weight excluding hydrogens is 340 g/mol. The lowest BCUT2D eigenvalue weighted by Gasteiger charge is -2.10. The lowest BCUT2D eigenvalue weighted by Crippen LogP contribution is -2.28. The summed E-state index contributed by atoms with van der Waals surface area (Å²) in [5.74, 6) is 0.441. The van der Waals surface area contributed by atoms with Crippen LogP contribution in [0.2, 0.25) is 0 Å². The third-order valence-electron chi connectivity index (χ3n) is 3.80. The van der Waals surface area contributed by atoms with Crippen LogP contribution in [0.5, 0.6) is 5.75 Å². The van der Waals surface area contributed by atoms with E-state index in [0.29, 0.717) is 11.3 Å². The highest BCUT2D eigenvalue weighted by molar-refractivity contribution is 7.89. The van der Waals surface area contributed by atoms with Crippen LogP contribution in [0, 0.1) is 13.8 Å². The van der Waals surface area contributed by atoms with Crippen LogP contribution in [0.3, 0.4) is 0 Å². The third-order valence-corrected chi connectivity index (χ3v) is 5.27. The Labute approximate surface area is 148 Å². The van der Waals surface area contributed by atoms with E-state index in [9.17, 15) is 13.2 Å². The smallest absolute Gasteiger partial charge is 0.251 e. The first kappa shape index (κ1) is 19.0. The summed E-state index contributed by atoms with van der Waals surface area (Å²) >= 11 is 0. The summed E-state index contributed by atoms with van der Waals surface area (Å²) in [6, 6.07) is 11.5. The first-order valence-electron chi connectivity index (χ1n) is 7.85. The molecule has 0 radical (unpaired) electrons. The van der Waals surface area contributed by atoms with Crippen molar-refractivity contribution in [1.82, 2.24) is 10.0 Å². The first-order valence-corrected chi connectivity index (χ1v) is 9.33.